The Morgan fingerprint density at radius 1 is 0.833 bits per heavy atom. The van der Waals surface area contributed by atoms with E-state index in [9.17, 15) is 9.90 Å². The lowest BCUT2D eigenvalue weighted by Crippen LogP contribution is -2.42. The van der Waals surface area contributed by atoms with Crippen LogP contribution in [0.1, 0.15) is 49.3 Å². The van der Waals surface area contributed by atoms with Crippen LogP contribution in [0.5, 0.6) is 5.75 Å². The maximum absolute atomic E-state index is 10.9. The molecule has 0 atom stereocenters. The van der Waals surface area contributed by atoms with E-state index >= 15 is 0 Å². The van der Waals surface area contributed by atoms with Crippen LogP contribution in [0.25, 0.3) is 11.1 Å². The summed E-state index contributed by atoms with van der Waals surface area (Å²) in [7, 11) is 0. The summed E-state index contributed by atoms with van der Waals surface area (Å²) in [5.41, 5.74) is 7.73. The molecule has 36 heavy (non-hydrogen) atoms. The minimum absolute atomic E-state index is 0.283. The second kappa shape index (κ2) is 10.7. The van der Waals surface area contributed by atoms with Gasteiger partial charge in [0, 0.05) is 18.8 Å². The van der Waals surface area contributed by atoms with E-state index in [1.54, 1.807) is 12.1 Å². The van der Waals surface area contributed by atoms with Crippen LogP contribution < -0.4 is 4.90 Å². The van der Waals surface area contributed by atoms with E-state index in [0.29, 0.717) is 12.0 Å². The fourth-order valence-electron chi connectivity index (χ4n) is 6.03. The topological polar surface area (TPSA) is 43.8 Å². The quantitative estimate of drug-likeness (QED) is 0.321. The van der Waals surface area contributed by atoms with Crippen LogP contribution in [-0.4, -0.2) is 49.0 Å². The molecule has 0 amide bonds. The number of carbonyl (C=O) groups excluding carboxylic acids is 1. The molecule has 2 heterocycles. The van der Waals surface area contributed by atoms with E-state index in [4.69, 9.17) is 0 Å². The summed E-state index contributed by atoms with van der Waals surface area (Å²) in [6, 6.07) is 27.2. The Morgan fingerprint density at radius 3 is 2.06 bits per heavy atom. The summed E-state index contributed by atoms with van der Waals surface area (Å²) in [6.45, 7) is 7.04. The Labute approximate surface area is 214 Å². The number of allylic oxidation sites excluding steroid dienone is 1. The third kappa shape index (κ3) is 5.10. The molecule has 0 saturated carbocycles. The van der Waals surface area contributed by atoms with Gasteiger partial charge in [-0.25, -0.2) is 0 Å². The predicted octanol–water partition coefficient (Wildman–Crippen LogP) is 6.25. The first-order valence-electron chi connectivity index (χ1n) is 13.2. The molecule has 2 fully saturated rings. The lowest BCUT2D eigenvalue weighted by Gasteiger charge is -2.38. The number of aromatic hydroxyl groups is 1. The average molecular weight is 481 g/mol. The zero-order valence-corrected chi connectivity index (χ0v) is 21.2. The molecule has 0 aliphatic carbocycles. The SMILES string of the molecule is CC/C(=C(\c1ccc(O)cc1)c1ccc(N2CCC3(CCN(CC=O)CC3)C2)cc1)c1ccccc1. The van der Waals surface area contributed by atoms with Gasteiger partial charge in [0.1, 0.15) is 12.0 Å². The van der Waals surface area contributed by atoms with E-state index in [1.165, 1.54) is 47.2 Å². The summed E-state index contributed by atoms with van der Waals surface area (Å²) in [6.07, 6.45) is 5.54. The van der Waals surface area contributed by atoms with Gasteiger partial charge in [0.25, 0.3) is 0 Å². The maximum atomic E-state index is 10.9. The van der Waals surface area contributed by atoms with E-state index in [1.807, 2.05) is 12.1 Å². The van der Waals surface area contributed by atoms with Crippen LogP contribution in [0.4, 0.5) is 5.69 Å². The molecule has 4 nitrogen and oxygen atoms in total. The van der Waals surface area contributed by atoms with Crippen molar-refractivity contribution in [3.63, 3.8) is 0 Å². The first kappa shape index (κ1) is 24.3. The lowest BCUT2D eigenvalue weighted by molar-refractivity contribution is -0.109. The number of benzene rings is 3. The zero-order valence-electron chi connectivity index (χ0n) is 21.2. The van der Waals surface area contributed by atoms with Crippen molar-refractivity contribution in [3.05, 3.63) is 95.6 Å². The fraction of sp³-hybridized carbons (Fsp3) is 0.344. The molecule has 2 aliphatic heterocycles. The highest BCUT2D eigenvalue weighted by Gasteiger charge is 2.40. The number of phenols is 1. The minimum atomic E-state index is 0.283. The van der Waals surface area contributed by atoms with E-state index in [-0.39, 0.29) is 5.75 Å². The Kier molecular flexibility index (Phi) is 7.24. The highest BCUT2D eigenvalue weighted by molar-refractivity contribution is 5.98. The number of anilines is 1. The van der Waals surface area contributed by atoms with Crippen LogP contribution >= 0.6 is 0 Å². The number of hydrogen-bond donors (Lipinski definition) is 1. The largest absolute Gasteiger partial charge is 0.508 e. The molecule has 3 aromatic carbocycles. The second-order valence-electron chi connectivity index (χ2n) is 10.3. The molecule has 0 unspecified atom stereocenters. The van der Waals surface area contributed by atoms with Gasteiger partial charge in [-0.1, -0.05) is 61.5 Å². The summed E-state index contributed by atoms with van der Waals surface area (Å²) < 4.78 is 0. The van der Waals surface area contributed by atoms with Gasteiger partial charge < -0.3 is 14.8 Å². The van der Waals surface area contributed by atoms with Crippen molar-refractivity contribution in [1.29, 1.82) is 0 Å². The predicted molar refractivity (Wildman–Crippen MR) is 148 cm³/mol. The molecule has 1 spiro atoms. The van der Waals surface area contributed by atoms with E-state index < -0.39 is 0 Å². The summed E-state index contributed by atoms with van der Waals surface area (Å²) >= 11 is 0. The Morgan fingerprint density at radius 2 is 1.44 bits per heavy atom. The summed E-state index contributed by atoms with van der Waals surface area (Å²) in [5.74, 6) is 0.283. The number of nitrogens with zero attached hydrogens (tertiary/aromatic N) is 2. The number of aldehydes is 1. The van der Waals surface area contributed by atoms with Gasteiger partial charge in [0.15, 0.2) is 0 Å². The molecule has 2 aliphatic rings. The first-order chi connectivity index (χ1) is 17.6. The minimum Gasteiger partial charge on any atom is -0.508 e. The second-order valence-corrected chi connectivity index (χ2v) is 10.3. The molecule has 186 valence electrons. The number of piperidine rings is 1. The van der Waals surface area contributed by atoms with Gasteiger partial charge in [-0.3, -0.25) is 4.90 Å². The maximum Gasteiger partial charge on any atom is 0.133 e. The summed E-state index contributed by atoms with van der Waals surface area (Å²) in [4.78, 5) is 15.7. The molecular weight excluding hydrogens is 444 g/mol. The van der Waals surface area contributed by atoms with E-state index in [2.05, 4.69) is 71.3 Å². The number of carbonyl (C=O) groups is 1. The van der Waals surface area contributed by atoms with Gasteiger partial charge in [0.2, 0.25) is 0 Å². The van der Waals surface area contributed by atoms with Crippen LogP contribution in [0.2, 0.25) is 0 Å². The number of rotatable bonds is 7. The standard InChI is InChI=1S/C32H36N2O2/c1-2-30(25-6-4-3-5-7-25)31(27-10-14-29(36)15-11-27)26-8-12-28(13-9-26)34-21-18-32(24-34)16-19-33(20-17-32)22-23-35/h3-15,23,36H,2,16-22,24H2,1H3/b31-30+. The Bertz CT molecular complexity index is 1190. The molecule has 2 saturated heterocycles. The molecular formula is C32H36N2O2. The van der Waals surface area contributed by atoms with Crippen molar-refractivity contribution in [3.8, 4) is 5.75 Å². The fourth-order valence-corrected chi connectivity index (χ4v) is 6.03. The van der Waals surface area contributed by atoms with Crippen molar-refractivity contribution >= 4 is 23.1 Å². The zero-order chi connectivity index (χ0) is 25.0. The van der Waals surface area contributed by atoms with Crippen molar-refractivity contribution < 1.29 is 9.90 Å². The molecule has 3 aromatic rings. The smallest absolute Gasteiger partial charge is 0.133 e. The van der Waals surface area contributed by atoms with Gasteiger partial charge in [-0.05, 0) is 96.3 Å². The highest BCUT2D eigenvalue weighted by atomic mass is 16.3. The molecule has 0 radical (unpaired) electrons. The van der Waals surface area contributed by atoms with Crippen molar-refractivity contribution in [2.75, 3.05) is 37.6 Å². The first-order valence-corrected chi connectivity index (χ1v) is 13.2. The van der Waals surface area contributed by atoms with Crippen molar-refractivity contribution in [2.24, 2.45) is 5.41 Å². The number of hydrogen-bond acceptors (Lipinski definition) is 4. The van der Waals surface area contributed by atoms with Crippen LogP contribution in [0.3, 0.4) is 0 Å². The normalized spacial score (nSPS) is 18.3. The van der Waals surface area contributed by atoms with Crippen molar-refractivity contribution in [2.45, 2.75) is 32.6 Å². The molecule has 0 bridgehead atoms. The molecule has 5 rings (SSSR count). The van der Waals surface area contributed by atoms with Crippen LogP contribution in [0, 0.1) is 5.41 Å². The third-order valence-corrected chi connectivity index (χ3v) is 8.14. The highest BCUT2D eigenvalue weighted by Crippen LogP contribution is 2.42. The lowest BCUT2D eigenvalue weighted by atomic mass is 9.78. The van der Waals surface area contributed by atoms with Gasteiger partial charge in [0.05, 0.1) is 6.54 Å². The van der Waals surface area contributed by atoms with Crippen molar-refractivity contribution in [1.82, 2.24) is 4.90 Å². The number of phenolic OH excluding ortho intramolecular Hbond substituents is 1. The molecule has 1 N–H and O–H groups in total. The monoisotopic (exact) mass is 480 g/mol. The number of likely N-dealkylation sites (tertiary alicyclic amines) is 1. The Balaban J connectivity index is 1.42. The van der Waals surface area contributed by atoms with Gasteiger partial charge in [-0.2, -0.15) is 0 Å². The Hall–Kier alpha value is -3.37. The van der Waals surface area contributed by atoms with E-state index in [0.717, 1.165) is 44.4 Å². The third-order valence-electron chi connectivity index (χ3n) is 8.14. The van der Waals surface area contributed by atoms with Crippen LogP contribution in [-0.2, 0) is 4.79 Å². The molecule has 0 aromatic heterocycles. The summed E-state index contributed by atoms with van der Waals surface area (Å²) in [5, 5.41) is 9.89. The molecule has 4 heteroatoms. The van der Waals surface area contributed by atoms with Crippen LogP contribution in [0.15, 0.2) is 78.9 Å². The van der Waals surface area contributed by atoms with Gasteiger partial charge >= 0.3 is 0 Å². The average Bonchev–Trinajstić information content (AvgIpc) is 3.34. The van der Waals surface area contributed by atoms with Gasteiger partial charge in [-0.15, -0.1) is 0 Å².